The maximum absolute atomic E-state index is 12.6. The third-order valence-corrected chi connectivity index (χ3v) is 6.25. The minimum Gasteiger partial charge on any atom is -0.342 e. The second-order valence-electron chi connectivity index (χ2n) is 8.20. The van der Waals surface area contributed by atoms with Crippen molar-refractivity contribution in [1.29, 1.82) is 0 Å². The van der Waals surface area contributed by atoms with Crippen molar-refractivity contribution in [3.63, 3.8) is 0 Å². The molecule has 1 aromatic rings. The van der Waals surface area contributed by atoms with Crippen LogP contribution < -0.4 is 0 Å². The Kier molecular flexibility index (Phi) is 7.74. The summed E-state index contributed by atoms with van der Waals surface area (Å²) in [5.41, 5.74) is 1.10. The fourth-order valence-corrected chi connectivity index (χ4v) is 4.38. The first-order chi connectivity index (χ1) is 13.5. The first-order valence-corrected chi connectivity index (χ1v) is 10.9. The molecule has 3 rings (SSSR count). The Morgan fingerprint density at radius 1 is 1.04 bits per heavy atom. The van der Waals surface area contributed by atoms with Gasteiger partial charge in [-0.25, -0.2) is 0 Å². The number of carbonyl (C=O) groups excluding carboxylic acids is 2. The number of piperidine rings is 1. The second-order valence-corrected chi connectivity index (χ2v) is 8.64. The molecule has 0 aromatic heterocycles. The number of nitrogens with zero attached hydrogens (tertiary/aromatic N) is 3. The van der Waals surface area contributed by atoms with Gasteiger partial charge in [0.25, 0.3) is 0 Å². The van der Waals surface area contributed by atoms with Crippen molar-refractivity contribution >= 4 is 23.4 Å². The van der Waals surface area contributed by atoms with Gasteiger partial charge in [-0.3, -0.25) is 9.59 Å². The normalized spacial score (nSPS) is 21.0. The molecule has 2 fully saturated rings. The third kappa shape index (κ3) is 6.21. The summed E-state index contributed by atoms with van der Waals surface area (Å²) in [6.07, 6.45) is 4.91. The Balaban J connectivity index is 1.40. The molecule has 0 aliphatic carbocycles. The van der Waals surface area contributed by atoms with Crippen LogP contribution in [0.3, 0.4) is 0 Å². The molecule has 2 saturated heterocycles. The average molecular weight is 406 g/mol. The predicted octanol–water partition coefficient (Wildman–Crippen LogP) is 3.07. The maximum Gasteiger partial charge on any atom is 0.222 e. The average Bonchev–Trinajstić information content (AvgIpc) is 2.71. The summed E-state index contributed by atoms with van der Waals surface area (Å²) in [6.45, 7) is 5.25. The number of rotatable bonds is 6. The van der Waals surface area contributed by atoms with Crippen molar-refractivity contribution < 1.29 is 9.59 Å². The van der Waals surface area contributed by atoms with Gasteiger partial charge in [-0.05, 0) is 56.3 Å². The Morgan fingerprint density at radius 2 is 1.79 bits per heavy atom. The summed E-state index contributed by atoms with van der Waals surface area (Å²) in [5, 5.41) is 0.716. The van der Waals surface area contributed by atoms with E-state index in [4.69, 9.17) is 11.6 Å². The molecule has 2 heterocycles. The zero-order chi connectivity index (χ0) is 19.9. The number of likely N-dealkylation sites (tertiary alicyclic amines) is 1. The summed E-state index contributed by atoms with van der Waals surface area (Å²) < 4.78 is 0. The van der Waals surface area contributed by atoms with E-state index in [-0.39, 0.29) is 11.8 Å². The van der Waals surface area contributed by atoms with Crippen LogP contribution in [0.25, 0.3) is 0 Å². The Labute approximate surface area is 173 Å². The highest BCUT2D eigenvalue weighted by Crippen LogP contribution is 2.23. The molecule has 1 aromatic carbocycles. The fraction of sp³-hybridized carbons (Fsp3) is 0.636. The number of amides is 2. The molecule has 0 unspecified atom stereocenters. The van der Waals surface area contributed by atoms with E-state index in [1.54, 1.807) is 0 Å². The van der Waals surface area contributed by atoms with Gasteiger partial charge < -0.3 is 14.7 Å². The number of carbonyl (C=O) groups is 2. The predicted molar refractivity (Wildman–Crippen MR) is 112 cm³/mol. The van der Waals surface area contributed by atoms with E-state index in [1.165, 1.54) is 0 Å². The molecule has 0 bridgehead atoms. The van der Waals surface area contributed by atoms with Crippen LogP contribution in [-0.2, 0) is 16.0 Å². The van der Waals surface area contributed by atoms with Crippen molar-refractivity contribution in [3.05, 3.63) is 34.9 Å². The second kappa shape index (κ2) is 10.3. The molecule has 0 N–H and O–H groups in total. The lowest BCUT2D eigenvalue weighted by Crippen LogP contribution is -2.47. The van der Waals surface area contributed by atoms with Gasteiger partial charge in [-0.1, -0.05) is 23.7 Å². The Morgan fingerprint density at radius 3 is 2.54 bits per heavy atom. The van der Waals surface area contributed by atoms with Crippen LogP contribution in [0.2, 0.25) is 5.02 Å². The number of likely N-dealkylation sites (N-methyl/N-ethyl adjacent to an activating group) is 1. The largest absolute Gasteiger partial charge is 0.342 e. The molecular formula is C22H32ClN3O2. The van der Waals surface area contributed by atoms with Crippen molar-refractivity contribution in [3.8, 4) is 0 Å². The topological polar surface area (TPSA) is 43.9 Å². The standard InChI is InChI=1S/C22H32ClN3O2/c1-24-12-14-25(15-13-24)21(27)10-8-19-5-3-11-26(17-19)22(28)9-7-18-4-2-6-20(23)16-18/h2,4,6,16,19H,3,5,7-15,17H2,1H3/t19-/m0/s1. The molecule has 2 aliphatic heterocycles. The summed E-state index contributed by atoms with van der Waals surface area (Å²) in [4.78, 5) is 31.4. The quantitative estimate of drug-likeness (QED) is 0.730. The summed E-state index contributed by atoms with van der Waals surface area (Å²) >= 11 is 6.02. The summed E-state index contributed by atoms with van der Waals surface area (Å²) in [7, 11) is 2.10. The third-order valence-electron chi connectivity index (χ3n) is 6.01. The highest BCUT2D eigenvalue weighted by Gasteiger charge is 2.25. The first kappa shape index (κ1) is 21.1. The van der Waals surface area contributed by atoms with E-state index in [0.29, 0.717) is 23.8 Å². The van der Waals surface area contributed by atoms with Gasteiger partial charge in [0.1, 0.15) is 0 Å². The van der Waals surface area contributed by atoms with Crippen LogP contribution in [0.5, 0.6) is 0 Å². The number of hydrogen-bond donors (Lipinski definition) is 0. The van der Waals surface area contributed by atoms with Crippen LogP contribution in [0.15, 0.2) is 24.3 Å². The van der Waals surface area contributed by atoms with Gasteiger partial charge in [0, 0.05) is 57.1 Å². The first-order valence-electron chi connectivity index (χ1n) is 10.5. The lowest BCUT2D eigenvalue weighted by molar-refractivity contribution is -0.133. The number of piperazine rings is 1. The van der Waals surface area contributed by atoms with E-state index in [0.717, 1.165) is 70.5 Å². The van der Waals surface area contributed by atoms with E-state index >= 15 is 0 Å². The van der Waals surface area contributed by atoms with Gasteiger partial charge in [-0.2, -0.15) is 0 Å². The van der Waals surface area contributed by atoms with Crippen molar-refractivity contribution in [1.82, 2.24) is 14.7 Å². The lowest BCUT2D eigenvalue weighted by atomic mass is 9.92. The molecule has 6 heteroatoms. The van der Waals surface area contributed by atoms with Gasteiger partial charge in [0.2, 0.25) is 11.8 Å². The van der Waals surface area contributed by atoms with Crippen molar-refractivity contribution in [2.24, 2.45) is 5.92 Å². The molecule has 0 saturated carbocycles. The smallest absolute Gasteiger partial charge is 0.222 e. The van der Waals surface area contributed by atoms with E-state index in [9.17, 15) is 9.59 Å². The van der Waals surface area contributed by atoms with Gasteiger partial charge in [0.15, 0.2) is 0 Å². The van der Waals surface area contributed by atoms with Gasteiger partial charge in [0.05, 0.1) is 0 Å². The van der Waals surface area contributed by atoms with Crippen LogP contribution in [0.4, 0.5) is 0 Å². The molecule has 2 aliphatic rings. The number of benzene rings is 1. The number of aryl methyl sites for hydroxylation is 1. The fourth-order valence-electron chi connectivity index (χ4n) is 4.17. The minimum atomic E-state index is 0.218. The molecule has 154 valence electrons. The SMILES string of the molecule is CN1CCN(C(=O)CC[C@@H]2CCCN(C(=O)CCc3cccc(Cl)c3)C2)CC1. The van der Waals surface area contributed by atoms with Crippen LogP contribution in [-0.4, -0.2) is 72.8 Å². The van der Waals surface area contributed by atoms with Gasteiger partial charge in [-0.15, -0.1) is 0 Å². The molecule has 1 atom stereocenters. The van der Waals surface area contributed by atoms with Crippen molar-refractivity contribution in [2.75, 3.05) is 46.3 Å². The molecule has 0 spiro atoms. The molecule has 5 nitrogen and oxygen atoms in total. The maximum atomic E-state index is 12.6. The molecule has 2 amide bonds. The number of halogens is 1. The van der Waals surface area contributed by atoms with Crippen LogP contribution >= 0.6 is 11.6 Å². The Bertz CT molecular complexity index is 674. The Hall–Kier alpha value is -1.59. The highest BCUT2D eigenvalue weighted by molar-refractivity contribution is 6.30. The van der Waals surface area contributed by atoms with Crippen LogP contribution in [0, 0.1) is 5.92 Å². The van der Waals surface area contributed by atoms with Gasteiger partial charge >= 0.3 is 0 Å². The summed E-state index contributed by atoms with van der Waals surface area (Å²) in [5.74, 6) is 0.938. The zero-order valence-electron chi connectivity index (χ0n) is 16.9. The minimum absolute atomic E-state index is 0.218. The van der Waals surface area contributed by atoms with Crippen molar-refractivity contribution in [2.45, 2.75) is 38.5 Å². The lowest BCUT2D eigenvalue weighted by Gasteiger charge is -2.34. The number of hydrogen-bond acceptors (Lipinski definition) is 3. The molecular weight excluding hydrogens is 374 g/mol. The summed E-state index contributed by atoms with van der Waals surface area (Å²) in [6, 6.07) is 7.72. The van der Waals surface area contributed by atoms with E-state index in [1.807, 2.05) is 34.1 Å². The van der Waals surface area contributed by atoms with Crippen LogP contribution in [0.1, 0.15) is 37.7 Å². The monoisotopic (exact) mass is 405 g/mol. The van der Waals surface area contributed by atoms with E-state index in [2.05, 4.69) is 11.9 Å². The zero-order valence-corrected chi connectivity index (χ0v) is 17.7. The van der Waals surface area contributed by atoms with E-state index < -0.39 is 0 Å². The highest BCUT2D eigenvalue weighted by atomic mass is 35.5. The molecule has 0 radical (unpaired) electrons. The molecule has 28 heavy (non-hydrogen) atoms.